The van der Waals surface area contributed by atoms with Gasteiger partial charge in [0.05, 0.1) is 22.1 Å². The Morgan fingerprint density at radius 2 is 1.85 bits per heavy atom. The second-order valence-corrected chi connectivity index (χ2v) is 7.53. The van der Waals surface area contributed by atoms with Gasteiger partial charge in [-0.2, -0.15) is 31.4 Å². The molecule has 0 saturated carbocycles. The molecule has 0 N–H and O–H groups in total. The van der Waals surface area contributed by atoms with E-state index in [1.54, 1.807) is 0 Å². The molecule has 0 bridgehead atoms. The van der Waals surface area contributed by atoms with Crippen LogP contribution in [-0.2, 0) is 34.6 Å². The van der Waals surface area contributed by atoms with Gasteiger partial charge >= 0.3 is 12.4 Å². The number of halogens is 7. The van der Waals surface area contributed by atoms with Crippen molar-refractivity contribution in [3.63, 3.8) is 0 Å². The van der Waals surface area contributed by atoms with Crippen LogP contribution in [0.2, 0.25) is 0 Å². The van der Waals surface area contributed by atoms with Crippen LogP contribution >= 0.6 is 0 Å². The summed E-state index contributed by atoms with van der Waals surface area (Å²) in [7, 11) is -1.52. The fourth-order valence-corrected chi connectivity index (χ4v) is 3.46. The molecule has 2 unspecified atom stereocenters. The molecule has 0 fully saturated rings. The van der Waals surface area contributed by atoms with Gasteiger partial charge in [-0.25, -0.2) is 9.07 Å². The van der Waals surface area contributed by atoms with E-state index in [0.717, 1.165) is 7.05 Å². The van der Waals surface area contributed by atoms with E-state index in [9.17, 15) is 34.9 Å². The lowest BCUT2D eigenvalue weighted by atomic mass is 10.1. The summed E-state index contributed by atoms with van der Waals surface area (Å²) in [5.41, 5.74) is -3.94. The van der Waals surface area contributed by atoms with E-state index in [-0.39, 0.29) is 0 Å². The van der Waals surface area contributed by atoms with E-state index < -0.39 is 69.5 Å². The third-order valence-electron chi connectivity index (χ3n) is 3.44. The number of aryl methyl sites for hydroxylation is 1. The Labute approximate surface area is 150 Å². The van der Waals surface area contributed by atoms with Gasteiger partial charge in [0.1, 0.15) is 0 Å². The average Bonchev–Trinajstić information content (AvgIpc) is 2.93. The first kappa shape index (κ1) is 21.4. The maximum Gasteiger partial charge on any atom is 0.435 e. The second kappa shape index (κ2) is 6.95. The minimum absolute atomic E-state index is 0.449. The van der Waals surface area contributed by atoms with E-state index in [0.29, 0.717) is 4.68 Å². The zero-order valence-electron chi connectivity index (χ0n) is 14.1. The molecule has 0 radical (unpaired) electrons. The molecular formula is C13H14F7N3O3S. The van der Waals surface area contributed by atoms with Crippen LogP contribution in [0.3, 0.4) is 0 Å². The van der Waals surface area contributed by atoms with Gasteiger partial charge in [0, 0.05) is 7.05 Å². The summed E-state index contributed by atoms with van der Waals surface area (Å²) in [6, 6.07) is 0. The fourth-order valence-electron chi connectivity index (χ4n) is 2.16. The van der Waals surface area contributed by atoms with E-state index in [2.05, 4.69) is 15.0 Å². The van der Waals surface area contributed by atoms with E-state index in [4.69, 9.17) is 4.84 Å². The molecule has 0 aromatic carbocycles. The molecule has 0 amide bonds. The third-order valence-corrected chi connectivity index (χ3v) is 4.73. The fraction of sp³-hybridized carbons (Fsp3) is 0.692. The molecule has 0 aliphatic carbocycles. The van der Waals surface area contributed by atoms with Crippen molar-refractivity contribution in [1.82, 2.24) is 9.78 Å². The van der Waals surface area contributed by atoms with Crippen LogP contribution < -0.4 is 4.74 Å². The van der Waals surface area contributed by atoms with Crippen LogP contribution in [0.5, 0.6) is 5.88 Å². The number of nitrogens with zero attached hydrogens (tertiary/aromatic N) is 3. The van der Waals surface area contributed by atoms with Crippen LogP contribution in [0.25, 0.3) is 0 Å². The van der Waals surface area contributed by atoms with Gasteiger partial charge in [0.2, 0.25) is 5.88 Å². The Morgan fingerprint density at radius 3 is 2.30 bits per heavy atom. The zero-order chi connectivity index (χ0) is 20.8. The Balaban J connectivity index is 2.37. The largest absolute Gasteiger partial charge is 0.468 e. The first-order valence-corrected chi connectivity index (χ1v) is 8.56. The first-order valence-electron chi connectivity index (χ1n) is 7.24. The Kier molecular flexibility index (Phi) is 5.52. The van der Waals surface area contributed by atoms with E-state index >= 15 is 0 Å². The summed E-state index contributed by atoms with van der Waals surface area (Å²) in [6.45, 7) is 0.690. The highest BCUT2D eigenvalue weighted by Crippen LogP contribution is 2.37. The normalized spacial score (nSPS) is 21.0. The summed E-state index contributed by atoms with van der Waals surface area (Å²) in [5.74, 6) is -1.88. The molecule has 2 heterocycles. The van der Waals surface area contributed by atoms with Crippen molar-refractivity contribution in [3.8, 4) is 5.88 Å². The van der Waals surface area contributed by atoms with Gasteiger partial charge in [-0.1, -0.05) is 5.16 Å². The van der Waals surface area contributed by atoms with Crippen LogP contribution in [-0.4, -0.2) is 43.6 Å². The van der Waals surface area contributed by atoms with Crippen molar-refractivity contribution in [2.24, 2.45) is 12.2 Å². The maximum atomic E-state index is 14.2. The van der Waals surface area contributed by atoms with Crippen LogP contribution in [0.4, 0.5) is 30.7 Å². The highest BCUT2D eigenvalue weighted by atomic mass is 32.2. The molecule has 1 aliphatic heterocycles. The summed E-state index contributed by atoms with van der Waals surface area (Å²) in [5, 5.41) is 5.75. The highest BCUT2D eigenvalue weighted by molar-refractivity contribution is 8.00. The highest BCUT2D eigenvalue weighted by Gasteiger charge is 2.46. The van der Waals surface area contributed by atoms with Gasteiger partial charge in [0.15, 0.2) is 29.1 Å². The lowest BCUT2D eigenvalue weighted by Gasteiger charge is -2.17. The summed E-state index contributed by atoms with van der Waals surface area (Å²) < 4.78 is 108. The Morgan fingerprint density at radius 1 is 1.26 bits per heavy atom. The number of hydrogen-bond acceptors (Lipinski definition) is 5. The molecule has 1 aromatic rings. The molecule has 27 heavy (non-hydrogen) atoms. The minimum Gasteiger partial charge on any atom is -0.468 e. The Bertz CT molecular complexity index is 770. The lowest BCUT2D eigenvalue weighted by molar-refractivity contribution is -0.154. The van der Waals surface area contributed by atoms with Crippen LogP contribution in [0, 0.1) is 0 Å². The van der Waals surface area contributed by atoms with Crippen LogP contribution in [0.15, 0.2) is 5.16 Å². The smallest absolute Gasteiger partial charge is 0.435 e. The number of oxime groups is 1. The van der Waals surface area contributed by atoms with Gasteiger partial charge in [-0.3, -0.25) is 4.21 Å². The van der Waals surface area contributed by atoms with Gasteiger partial charge in [-0.15, -0.1) is 0 Å². The molecule has 14 heteroatoms. The summed E-state index contributed by atoms with van der Waals surface area (Å²) in [6.07, 6.45) is -11.8. The van der Waals surface area contributed by atoms with Crippen molar-refractivity contribution in [1.29, 1.82) is 0 Å². The molecule has 154 valence electrons. The lowest BCUT2D eigenvalue weighted by Crippen LogP contribution is -2.36. The van der Waals surface area contributed by atoms with Crippen molar-refractivity contribution < 1.29 is 44.5 Å². The number of hydrogen-bond donors (Lipinski definition) is 0. The number of rotatable bonds is 4. The molecule has 0 saturated heterocycles. The Hall–Kier alpha value is -1.86. The van der Waals surface area contributed by atoms with Crippen molar-refractivity contribution in [2.45, 2.75) is 43.7 Å². The topological polar surface area (TPSA) is 65.7 Å². The molecule has 0 spiro atoms. The van der Waals surface area contributed by atoms with Gasteiger partial charge < -0.3 is 9.57 Å². The SMILES string of the molecule is Cn1nc(C(F)(F)F)c(CS(=O)C2=NOC(C)(C)C2F)c1OCC(F)(F)F. The first-order chi connectivity index (χ1) is 12.1. The van der Waals surface area contributed by atoms with Crippen molar-refractivity contribution in [3.05, 3.63) is 11.3 Å². The summed E-state index contributed by atoms with van der Waals surface area (Å²) in [4.78, 5) is 4.75. The van der Waals surface area contributed by atoms with Crippen molar-refractivity contribution >= 4 is 15.8 Å². The van der Waals surface area contributed by atoms with E-state index in [1.807, 2.05) is 0 Å². The quantitative estimate of drug-likeness (QED) is 0.696. The zero-order valence-corrected chi connectivity index (χ0v) is 14.9. The molecule has 2 rings (SSSR count). The number of aromatic nitrogens is 2. The summed E-state index contributed by atoms with van der Waals surface area (Å²) >= 11 is 0. The maximum absolute atomic E-state index is 14.2. The average molecular weight is 425 g/mol. The van der Waals surface area contributed by atoms with Gasteiger partial charge in [0.25, 0.3) is 0 Å². The number of ether oxygens (including phenoxy) is 1. The number of alkyl halides is 7. The molecule has 6 nitrogen and oxygen atoms in total. The molecule has 2 atom stereocenters. The standard InChI is InChI=1S/C13H14F7N3O3S/c1-11(2)7(14)9(22-26-11)27(24)4-6-8(13(18,19)20)21-23(3)10(6)25-5-12(15,16)17/h7H,4-5H2,1-3H3. The third kappa shape index (κ3) is 4.71. The molecule has 1 aromatic heterocycles. The monoisotopic (exact) mass is 425 g/mol. The molecule has 1 aliphatic rings. The predicted molar refractivity (Wildman–Crippen MR) is 79.1 cm³/mol. The molecular weight excluding hydrogens is 411 g/mol. The predicted octanol–water partition coefficient (Wildman–Crippen LogP) is 3.09. The second-order valence-electron chi connectivity index (χ2n) is 6.13. The van der Waals surface area contributed by atoms with Gasteiger partial charge in [-0.05, 0) is 13.8 Å². The van der Waals surface area contributed by atoms with Crippen LogP contribution in [0.1, 0.15) is 25.1 Å². The minimum atomic E-state index is -5.06. The van der Waals surface area contributed by atoms with Crippen molar-refractivity contribution in [2.75, 3.05) is 6.61 Å². The van der Waals surface area contributed by atoms with E-state index in [1.165, 1.54) is 13.8 Å².